The third-order valence-corrected chi connectivity index (χ3v) is 4.01. The third kappa shape index (κ3) is 2.98. The van der Waals surface area contributed by atoms with E-state index in [1.54, 1.807) is 0 Å². The van der Waals surface area contributed by atoms with Crippen molar-refractivity contribution in [3.63, 3.8) is 0 Å². The zero-order chi connectivity index (χ0) is 18.0. The van der Waals surface area contributed by atoms with Gasteiger partial charge in [0.05, 0.1) is 21.8 Å². The van der Waals surface area contributed by atoms with Gasteiger partial charge in [-0.2, -0.15) is 5.26 Å². The van der Waals surface area contributed by atoms with Crippen molar-refractivity contribution in [3.05, 3.63) is 81.1 Å². The normalized spacial score (nSPS) is 11.7. The van der Waals surface area contributed by atoms with Gasteiger partial charge in [0.25, 0.3) is 5.56 Å². The van der Waals surface area contributed by atoms with Crippen molar-refractivity contribution in [3.8, 4) is 11.8 Å². The van der Waals surface area contributed by atoms with Crippen LogP contribution in [0.25, 0.3) is 17.8 Å². The first-order chi connectivity index (χ1) is 12.0. The standard InChI is InChI=1S/C20H18N4O/c1-14-19(20(25)24(22-14)17-7-5-4-6-8-17)18(13-21)15-9-11-16(12-10-15)23(2)3/h4-12,22H,1H2,2-3H3. The number of hydrogen-bond acceptors (Lipinski definition) is 3. The van der Waals surface area contributed by atoms with Gasteiger partial charge in [-0.15, -0.1) is 0 Å². The van der Waals surface area contributed by atoms with Crippen LogP contribution in [0.5, 0.6) is 0 Å². The van der Waals surface area contributed by atoms with Gasteiger partial charge in [0.15, 0.2) is 0 Å². The van der Waals surface area contributed by atoms with E-state index in [0.29, 0.717) is 27.4 Å². The molecule has 0 aliphatic carbocycles. The van der Waals surface area contributed by atoms with Crippen molar-refractivity contribution in [1.82, 2.24) is 9.78 Å². The number of hydrogen-bond donors (Lipinski definition) is 1. The van der Waals surface area contributed by atoms with Gasteiger partial charge in [-0.25, -0.2) is 4.68 Å². The Kier molecular flexibility index (Phi) is 4.27. The maximum absolute atomic E-state index is 12.9. The number of rotatable bonds is 3. The Hall–Kier alpha value is -3.52. The highest BCUT2D eigenvalue weighted by molar-refractivity contribution is 5.77. The molecule has 0 amide bonds. The highest BCUT2D eigenvalue weighted by Gasteiger charge is 2.11. The van der Waals surface area contributed by atoms with E-state index in [1.807, 2.05) is 73.6 Å². The van der Waals surface area contributed by atoms with Gasteiger partial charge in [0.2, 0.25) is 0 Å². The molecule has 0 aliphatic rings. The van der Waals surface area contributed by atoms with E-state index < -0.39 is 0 Å². The minimum absolute atomic E-state index is 0.288. The molecule has 1 heterocycles. The molecule has 0 aliphatic heterocycles. The zero-order valence-corrected chi connectivity index (χ0v) is 14.2. The molecule has 1 N–H and O–H groups in total. The van der Waals surface area contributed by atoms with Gasteiger partial charge in [-0.05, 0) is 29.8 Å². The summed E-state index contributed by atoms with van der Waals surface area (Å²) in [5.41, 5.74) is 2.43. The molecule has 0 saturated heterocycles. The number of benzene rings is 2. The molecule has 0 unspecified atom stereocenters. The van der Waals surface area contributed by atoms with Gasteiger partial charge < -0.3 is 4.90 Å². The predicted molar refractivity (Wildman–Crippen MR) is 100 cm³/mol. The second kappa shape index (κ2) is 6.54. The van der Waals surface area contributed by atoms with Crippen molar-refractivity contribution in [2.45, 2.75) is 0 Å². The first kappa shape index (κ1) is 16.3. The van der Waals surface area contributed by atoms with Gasteiger partial charge in [-0.3, -0.25) is 9.89 Å². The topological polar surface area (TPSA) is 64.8 Å². The lowest BCUT2D eigenvalue weighted by Gasteiger charge is -2.12. The Morgan fingerprint density at radius 1 is 1.12 bits per heavy atom. The summed E-state index contributed by atoms with van der Waals surface area (Å²) in [6, 6.07) is 18.9. The number of nitrogens with one attached hydrogen (secondary N) is 1. The van der Waals surface area contributed by atoms with Crippen LogP contribution in [-0.2, 0) is 0 Å². The van der Waals surface area contributed by atoms with Crippen LogP contribution >= 0.6 is 0 Å². The lowest BCUT2D eigenvalue weighted by atomic mass is 10.0. The minimum atomic E-state index is -0.288. The fraction of sp³-hybridized carbons (Fsp3) is 0.100. The Balaban J connectivity index is 2.25. The third-order valence-electron chi connectivity index (χ3n) is 4.01. The van der Waals surface area contributed by atoms with Crippen molar-refractivity contribution >= 4 is 17.8 Å². The summed E-state index contributed by atoms with van der Waals surface area (Å²) in [5.74, 6) is 0. The van der Waals surface area contributed by atoms with E-state index in [4.69, 9.17) is 0 Å². The smallest absolute Gasteiger partial charge is 0.280 e. The summed E-state index contributed by atoms with van der Waals surface area (Å²) in [7, 11) is 3.89. The monoisotopic (exact) mass is 330 g/mol. The average molecular weight is 330 g/mol. The summed E-state index contributed by atoms with van der Waals surface area (Å²) in [4.78, 5) is 14.8. The molecule has 0 atom stereocenters. The molecule has 0 saturated carbocycles. The molecule has 0 radical (unpaired) electrons. The first-order valence-corrected chi connectivity index (χ1v) is 7.80. The van der Waals surface area contributed by atoms with E-state index in [1.165, 1.54) is 4.68 Å². The molecule has 124 valence electrons. The number of para-hydroxylation sites is 1. The summed E-state index contributed by atoms with van der Waals surface area (Å²) in [5, 5.41) is 13.3. The fourth-order valence-corrected chi connectivity index (χ4v) is 2.69. The molecule has 2 aromatic carbocycles. The maximum atomic E-state index is 12.9. The largest absolute Gasteiger partial charge is 0.378 e. The molecule has 0 spiro atoms. The number of nitriles is 1. The number of H-pyrrole nitrogens is 1. The molecule has 5 nitrogen and oxygen atoms in total. The van der Waals surface area contributed by atoms with E-state index in [0.717, 1.165) is 5.69 Å². The Morgan fingerprint density at radius 3 is 2.32 bits per heavy atom. The lowest BCUT2D eigenvalue weighted by Crippen LogP contribution is -2.36. The highest BCUT2D eigenvalue weighted by Crippen LogP contribution is 2.16. The zero-order valence-electron chi connectivity index (χ0n) is 14.2. The van der Waals surface area contributed by atoms with Crippen LogP contribution in [-0.4, -0.2) is 23.9 Å². The quantitative estimate of drug-likeness (QED) is 0.789. The Labute approximate surface area is 145 Å². The maximum Gasteiger partial charge on any atom is 0.280 e. The van der Waals surface area contributed by atoms with Gasteiger partial charge in [0, 0.05) is 19.8 Å². The van der Waals surface area contributed by atoms with Gasteiger partial charge >= 0.3 is 0 Å². The van der Waals surface area contributed by atoms with Crippen molar-refractivity contribution < 1.29 is 0 Å². The van der Waals surface area contributed by atoms with Gasteiger partial charge in [-0.1, -0.05) is 36.9 Å². The summed E-state index contributed by atoms with van der Waals surface area (Å²) in [6.45, 7) is 3.91. The fourth-order valence-electron chi connectivity index (χ4n) is 2.69. The van der Waals surface area contributed by atoms with Crippen molar-refractivity contribution in [2.75, 3.05) is 19.0 Å². The summed E-state index contributed by atoms with van der Waals surface area (Å²) < 4.78 is 1.41. The van der Waals surface area contributed by atoms with E-state index in [-0.39, 0.29) is 5.56 Å². The molecule has 3 rings (SSSR count). The molecule has 3 aromatic rings. The molecule has 5 heteroatoms. The van der Waals surface area contributed by atoms with Crippen LogP contribution in [0, 0.1) is 11.3 Å². The minimum Gasteiger partial charge on any atom is -0.378 e. The molecule has 0 bridgehead atoms. The number of anilines is 1. The molecule has 1 aromatic heterocycles. The lowest BCUT2D eigenvalue weighted by molar-refractivity contribution is 0.838. The van der Waals surface area contributed by atoms with E-state index in [2.05, 4.69) is 17.7 Å². The number of aromatic nitrogens is 2. The molecular formula is C20H18N4O. The number of nitrogens with zero attached hydrogens (tertiary/aromatic N) is 3. The second-order valence-electron chi connectivity index (χ2n) is 5.87. The van der Waals surface area contributed by atoms with Crippen LogP contribution in [0.15, 0.2) is 59.4 Å². The predicted octanol–water partition coefficient (Wildman–Crippen LogP) is 1.36. The summed E-state index contributed by atoms with van der Waals surface area (Å²) in [6.07, 6.45) is 0. The number of aromatic amines is 1. The molecule has 0 fully saturated rings. The van der Waals surface area contributed by atoms with Crippen LogP contribution in [0.4, 0.5) is 5.69 Å². The molecular weight excluding hydrogens is 312 g/mol. The van der Waals surface area contributed by atoms with E-state index in [9.17, 15) is 10.1 Å². The summed E-state index contributed by atoms with van der Waals surface area (Å²) >= 11 is 0. The van der Waals surface area contributed by atoms with Crippen LogP contribution in [0.2, 0.25) is 0 Å². The highest BCUT2D eigenvalue weighted by atomic mass is 16.1. The van der Waals surface area contributed by atoms with Crippen LogP contribution in [0.3, 0.4) is 0 Å². The second-order valence-corrected chi connectivity index (χ2v) is 5.87. The van der Waals surface area contributed by atoms with Crippen LogP contribution < -0.4 is 21.0 Å². The van der Waals surface area contributed by atoms with Gasteiger partial charge in [0.1, 0.15) is 6.07 Å². The first-order valence-electron chi connectivity index (χ1n) is 7.80. The Bertz CT molecular complexity index is 1100. The average Bonchev–Trinajstić information content (AvgIpc) is 2.92. The van der Waals surface area contributed by atoms with Crippen molar-refractivity contribution in [1.29, 1.82) is 5.26 Å². The Morgan fingerprint density at radius 2 is 1.76 bits per heavy atom. The van der Waals surface area contributed by atoms with Crippen molar-refractivity contribution in [2.24, 2.45) is 0 Å². The molecule has 25 heavy (non-hydrogen) atoms. The SMILES string of the molecule is C=c1[nH]n(-c2ccccc2)c(=O)c1=C(C#N)c1ccc(N(C)C)cc1. The van der Waals surface area contributed by atoms with E-state index >= 15 is 0 Å². The van der Waals surface area contributed by atoms with Crippen LogP contribution in [0.1, 0.15) is 5.56 Å².